The Hall–Kier alpha value is -2.01. The summed E-state index contributed by atoms with van der Waals surface area (Å²) in [5.41, 5.74) is 12.9. The van der Waals surface area contributed by atoms with E-state index in [0.29, 0.717) is 66.5 Å². The first-order valence-corrected chi connectivity index (χ1v) is 34.4. The molecule has 0 saturated heterocycles. The average Bonchev–Trinajstić information content (AvgIpc) is 3.71. The molecule has 360 valence electrons. The lowest BCUT2D eigenvalue weighted by Gasteiger charge is -2.43. The van der Waals surface area contributed by atoms with Gasteiger partial charge in [0.15, 0.2) is 0 Å². The molecule has 0 fully saturated rings. The fraction of sp³-hybridized carbons (Fsp3) is 0.679. The van der Waals surface area contributed by atoms with Gasteiger partial charge in [-0.2, -0.15) is 0 Å². The van der Waals surface area contributed by atoms with Crippen molar-refractivity contribution >= 4 is 44.8 Å². The van der Waals surface area contributed by atoms with E-state index in [4.69, 9.17) is 17.7 Å². The van der Waals surface area contributed by atoms with Gasteiger partial charge in [0.05, 0.1) is 0 Å². The van der Waals surface area contributed by atoms with E-state index in [0.717, 1.165) is 35.9 Å². The Morgan fingerprint density at radius 3 is 0.750 bits per heavy atom. The number of rotatable bonds is 23. The molecule has 0 heterocycles. The van der Waals surface area contributed by atoms with E-state index >= 15 is 0 Å². The topological polar surface area (TPSA) is 36.9 Å². The van der Waals surface area contributed by atoms with Crippen LogP contribution in [0, 0.1) is 12.8 Å². The largest absolute Gasteiger partial charge is 0.542 e. The van der Waals surface area contributed by atoms with Crippen molar-refractivity contribution in [2.24, 2.45) is 0 Å². The summed E-state index contributed by atoms with van der Waals surface area (Å²) in [7, 11) is -9.15. The molecule has 64 heavy (non-hydrogen) atoms. The first-order valence-electron chi connectivity index (χ1n) is 25.8. The summed E-state index contributed by atoms with van der Waals surface area (Å²) in [6.07, 6.45) is 6.60. The highest BCUT2D eigenvalue weighted by Crippen LogP contribution is 2.55. The molecule has 2 aliphatic rings. The molecule has 0 aliphatic heterocycles. The van der Waals surface area contributed by atoms with Crippen molar-refractivity contribution in [1.29, 1.82) is 0 Å². The van der Waals surface area contributed by atoms with Crippen molar-refractivity contribution in [2.45, 2.75) is 246 Å². The third-order valence-corrected chi connectivity index (χ3v) is 40.4. The van der Waals surface area contributed by atoms with Gasteiger partial charge in [-0.1, -0.05) is 190 Å². The molecule has 0 aromatic heterocycles. The summed E-state index contributed by atoms with van der Waals surface area (Å²) in [5.74, 6) is 4.24. The van der Waals surface area contributed by atoms with Gasteiger partial charge < -0.3 is 17.7 Å². The average molecular weight is 946 g/mol. The van der Waals surface area contributed by atoms with Crippen molar-refractivity contribution in [3.63, 3.8) is 0 Å². The van der Waals surface area contributed by atoms with Crippen LogP contribution in [-0.2, 0) is 8.85 Å². The molecule has 0 N–H and O–H groups in total. The maximum atomic E-state index is 7.85. The van der Waals surface area contributed by atoms with Crippen molar-refractivity contribution < 1.29 is 17.7 Å². The molecule has 4 nitrogen and oxygen atoms in total. The van der Waals surface area contributed by atoms with Crippen molar-refractivity contribution in [3.05, 3.63) is 82.6 Å². The molecule has 0 saturated carbocycles. The third kappa shape index (κ3) is 9.66. The highest BCUT2D eigenvalue weighted by atomic mass is 28.4. The molecular formula is C56H96O4Si4. The van der Waals surface area contributed by atoms with Crippen LogP contribution >= 0.6 is 0 Å². The van der Waals surface area contributed by atoms with Crippen LogP contribution < -0.4 is 8.85 Å². The lowest BCUT2D eigenvalue weighted by atomic mass is 10.0. The second kappa shape index (κ2) is 21.1. The smallest absolute Gasteiger partial charge is 0.258 e. The fourth-order valence-electron chi connectivity index (χ4n) is 13.8. The highest BCUT2D eigenvalue weighted by molar-refractivity contribution is 6.80. The van der Waals surface area contributed by atoms with Crippen molar-refractivity contribution in [3.8, 4) is 11.5 Å². The van der Waals surface area contributed by atoms with Gasteiger partial charge in [0, 0.05) is 35.1 Å². The Labute approximate surface area is 400 Å². The Kier molecular flexibility index (Phi) is 18.0. The van der Waals surface area contributed by atoms with Gasteiger partial charge in [0.1, 0.15) is 23.0 Å². The Morgan fingerprint density at radius 1 is 0.312 bits per heavy atom. The zero-order chi connectivity index (χ0) is 48.6. The normalized spacial score (nSPS) is 15.5. The molecule has 0 atom stereocenters. The zero-order valence-electron chi connectivity index (χ0n) is 45.6. The molecule has 0 unspecified atom stereocenters. The molecule has 0 amide bonds. The number of hydrogen-bond donors (Lipinski definition) is 0. The lowest BCUT2D eigenvalue weighted by Crippen LogP contribution is -2.50. The second-order valence-corrected chi connectivity index (χ2v) is 45.1. The van der Waals surface area contributed by atoms with E-state index in [1.165, 1.54) is 33.4 Å². The minimum atomic E-state index is -2.34. The van der Waals surface area contributed by atoms with Crippen LogP contribution in [-0.4, -0.2) is 33.3 Å². The summed E-state index contributed by atoms with van der Waals surface area (Å²) in [4.78, 5) is 0. The molecule has 2 aromatic carbocycles. The van der Waals surface area contributed by atoms with Crippen LogP contribution in [0.2, 0.25) is 66.5 Å². The molecule has 2 aromatic rings. The number of allylic oxidation sites excluding steroid dienone is 2. The van der Waals surface area contributed by atoms with Crippen LogP contribution in [0.25, 0.3) is 11.5 Å². The Bertz CT molecular complexity index is 1720. The zero-order valence-corrected chi connectivity index (χ0v) is 49.6. The van der Waals surface area contributed by atoms with E-state index in [1.807, 2.05) is 0 Å². The van der Waals surface area contributed by atoms with E-state index in [1.54, 1.807) is 0 Å². The van der Waals surface area contributed by atoms with Crippen molar-refractivity contribution in [1.82, 2.24) is 0 Å². The molecule has 2 radical (unpaired) electrons. The maximum absolute atomic E-state index is 7.85. The standard InChI is InChI=1S/C56H96O4Si4/c1-35(2)61(36(3)4,37(5)6)57-53-29-25-27-49-51(53)33-47(55(49)59-63(41(13)14,42(15)16)43(17)18)31-32-48-34-52-50(56(48)60-64(44(19)20,45(21)22)46(23)24)28-26-30-54(52)58-62(38(7)8,39(9)10)40(11)12/h25-30,33-46H,31-32H2,1-24H3. The minimum absolute atomic E-state index is 0.450. The first-order chi connectivity index (χ1) is 29.6. The van der Waals surface area contributed by atoms with Gasteiger partial charge in [-0.3, -0.25) is 0 Å². The van der Waals surface area contributed by atoms with Gasteiger partial charge in [0.25, 0.3) is 33.3 Å². The summed E-state index contributed by atoms with van der Waals surface area (Å²) in [5, 5.41) is 0. The van der Waals surface area contributed by atoms with Crippen LogP contribution in [0.5, 0.6) is 11.5 Å². The second-order valence-electron chi connectivity index (χ2n) is 23.6. The van der Waals surface area contributed by atoms with E-state index in [-0.39, 0.29) is 0 Å². The summed E-state index contributed by atoms with van der Waals surface area (Å²) in [6.45, 7) is 57.5. The van der Waals surface area contributed by atoms with Crippen LogP contribution in [0.15, 0.2) is 47.5 Å². The molecule has 0 bridgehead atoms. The van der Waals surface area contributed by atoms with E-state index in [9.17, 15) is 0 Å². The van der Waals surface area contributed by atoms with Crippen LogP contribution in [0.1, 0.15) is 201 Å². The van der Waals surface area contributed by atoms with Gasteiger partial charge in [0.2, 0.25) is 0 Å². The SMILES string of the molecule is CC(C)[Si](OC1=C(CCC2=C(O[Si](C(C)C)(C(C)C)C(C)C)c3cccc(O[Si](C(C)C)(C(C)C)C(C)C)c3[CH]2)[CH]c2c(O[Si](C(C)C)(C(C)C)C(C)C)cccc21)(C(C)C)C(C)C. The molecule has 8 heteroatoms. The minimum Gasteiger partial charge on any atom is -0.542 e. The summed E-state index contributed by atoms with van der Waals surface area (Å²) >= 11 is 0. The summed E-state index contributed by atoms with van der Waals surface area (Å²) in [6, 6.07) is 13.5. The van der Waals surface area contributed by atoms with Gasteiger partial charge >= 0.3 is 0 Å². The van der Waals surface area contributed by atoms with E-state index < -0.39 is 33.3 Å². The number of benzene rings is 2. The summed E-state index contributed by atoms with van der Waals surface area (Å²) < 4.78 is 30.8. The maximum Gasteiger partial charge on any atom is 0.258 e. The molecule has 2 aliphatic carbocycles. The van der Waals surface area contributed by atoms with Crippen molar-refractivity contribution in [2.75, 3.05) is 0 Å². The van der Waals surface area contributed by atoms with Crippen LogP contribution in [0.4, 0.5) is 0 Å². The van der Waals surface area contributed by atoms with E-state index in [2.05, 4.69) is 215 Å². The molecule has 4 rings (SSSR count). The predicted molar refractivity (Wildman–Crippen MR) is 290 cm³/mol. The molecular weight excluding hydrogens is 849 g/mol. The Morgan fingerprint density at radius 2 is 0.531 bits per heavy atom. The van der Waals surface area contributed by atoms with Crippen LogP contribution in [0.3, 0.4) is 0 Å². The highest BCUT2D eigenvalue weighted by Gasteiger charge is 2.52. The number of hydrogen-bond acceptors (Lipinski definition) is 4. The Balaban J connectivity index is 1.96. The van der Waals surface area contributed by atoms with Gasteiger partial charge in [-0.25, -0.2) is 0 Å². The lowest BCUT2D eigenvalue weighted by molar-refractivity contribution is 0.439. The molecule has 0 spiro atoms. The van der Waals surface area contributed by atoms with Gasteiger partial charge in [-0.05, 0) is 103 Å². The fourth-order valence-corrected chi connectivity index (χ4v) is 35.0. The third-order valence-electron chi connectivity index (χ3n) is 16.5. The van der Waals surface area contributed by atoms with Gasteiger partial charge in [-0.15, -0.1) is 0 Å². The monoisotopic (exact) mass is 945 g/mol. The number of fused-ring (bicyclic) bond motifs is 2. The first kappa shape index (κ1) is 54.6. The predicted octanol–water partition coefficient (Wildman–Crippen LogP) is 19.2. The quantitative estimate of drug-likeness (QED) is 0.104.